The number of hydrogen-bond acceptors (Lipinski definition) is 3. The van der Waals surface area contributed by atoms with Gasteiger partial charge in [-0.15, -0.1) is 0 Å². The summed E-state index contributed by atoms with van der Waals surface area (Å²) in [5, 5.41) is 6.37. The fourth-order valence-electron chi connectivity index (χ4n) is 2.47. The Labute approximate surface area is 107 Å². The zero-order valence-corrected chi connectivity index (χ0v) is 10.8. The summed E-state index contributed by atoms with van der Waals surface area (Å²) in [5.74, 6) is 0.0879. The van der Waals surface area contributed by atoms with Gasteiger partial charge >= 0.3 is 0 Å². The molecule has 1 aliphatic heterocycles. The summed E-state index contributed by atoms with van der Waals surface area (Å²) < 4.78 is 0. The van der Waals surface area contributed by atoms with Crippen molar-refractivity contribution in [3.8, 4) is 0 Å². The van der Waals surface area contributed by atoms with Gasteiger partial charge in [0.15, 0.2) is 0 Å². The normalized spacial score (nSPS) is 24.1. The highest BCUT2D eigenvalue weighted by molar-refractivity contribution is 5.95. The fraction of sp³-hybridized carbons (Fsp3) is 0.500. The maximum Gasteiger partial charge on any atom is 0.224 e. The number of carbonyl (C=O) groups is 1. The van der Waals surface area contributed by atoms with Crippen molar-refractivity contribution in [3.63, 3.8) is 0 Å². The zero-order valence-electron chi connectivity index (χ0n) is 10.8. The van der Waals surface area contributed by atoms with Gasteiger partial charge in [0.2, 0.25) is 5.91 Å². The molecule has 1 unspecified atom stereocenters. The summed E-state index contributed by atoms with van der Waals surface area (Å²) in [6, 6.07) is 4.43. The third-order valence-electron chi connectivity index (χ3n) is 4.01. The average molecular weight is 245 g/mol. The van der Waals surface area contributed by atoms with Gasteiger partial charge in [0, 0.05) is 18.2 Å². The molecule has 0 spiro atoms. The minimum atomic E-state index is 0.0879. The van der Waals surface area contributed by atoms with Gasteiger partial charge in [0.25, 0.3) is 0 Å². The molecule has 1 saturated carbocycles. The second-order valence-corrected chi connectivity index (χ2v) is 6.03. The number of benzene rings is 1. The van der Waals surface area contributed by atoms with E-state index in [1.807, 2.05) is 12.1 Å². The van der Waals surface area contributed by atoms with Crippen molar-refractivity contribution < 1.29 is 4.79 Å². The molecular formula is C14H19N3O. The molecule has 1 aromatic rings. The van der Waals surface area contributed by atoms with Crippen molar-refractivity contribution in [2.24, 2.45) is 5.41 Å². The highest BCUT2D eigenvalue weighted by Crippen LogP contribution is 2.47. The van der Waals surface area contributed by atoms with E-state index in [2.05, 4.69) is 24.5 Å². The van der Waals surface area contributed by atoms with Crippen molar-refractivity contribution in [2.75, 3.05) is 16.4 Å². The van der Waals surface area contributed by atoms with Gasteiger partial charge < -0.3 is 16.4 Å². The number of nitrogens with one attached hydrogen (secondary N) is 2. The molecule has 96 valence electrons. The molecule has 0 saturated heterocycles. The van der Waals surface area contributed by atoms with E-state index in [1.165, 1.54) is 0 Å². The predicted octanol–water partition coefficient (Wildman–Crippen LogP) is 2.36. The van der Waals surface area contributed by atoms with E-state index in [1.54, 1.807) is 0 Å². The SMILES string of the molecule is CC1(C)CC1Nc1cc2c(cc1N)CCC(=O)N2. The van der Waals surface area contributed by atoms with Gasteiger partial charge in [-0.3, -0.25) is 4.79 Å². The number of carbonyl (C=O) groups excluding carboxylic acids is 1. The summed E-state index contributed by atoms with van der Waals surface area (Å²) in [7, 11) is 0. The maximum absolute atomic E-state index is 11.4. The molecule has 0 aromatic heterocycles. The number of anilines is 3. The number of nitrogens with two attached hydrogens (primary N) is 1. The van der Waals surface area contributed by atoms with Crippen molar-refractivity contribution >= 4 is 23.0 Å². The molecule has 1 amide bonds. The largest absolute Gasteiger partial charge is 0.397 e. The van der Waals surface area contributed by atoms with Crippen LogP contribution in [0.3, 0.4) is 0 Å². The van der Waals surface area contributed by atoms with Crippen LogP contribution < -0.4 is 16.4 Å². The molecule has 1 atom stereocenters. The first kappa shape index (κ1) is 11.4. The van der Waals surface area contributed by atoms with Crippen LogP contribution in [-0.4, -0.2) is 11.9 Å². The van der Waals surface area contributed by atoms with Crippen LogP contribution in [0.15, 0.2) is 12.1 Å². The van der Waals surface area contributed by atoms with Crippen molar-refractivity contribution in [2.45, 2.75) is 39.2 Å². The lowest BCUT2D eigenvalue weighted by molar-refractivity contribution is -0.116. The van der Waals surface area contributed by atoms with E-state index in [0.29, 0.717) is 17.9 Å². The van der Waals surface area contributed by atoms with E-state index in [4.69, 9.17) is 5.73 Å². The summed E-state index contributed by atoms with van der Waals surface area (Å²) in [6.07, 6.45) is 2.49. The number of aryl methyl sites for hydroxylation is 1. The Morgan fingerprint density at radius 3 is 2.78 bits per heavy atom. The minimum absolute atomic E-state index is 0.0879. The number of nitrogen functional groups attached to an aromatic ring is 1. The molecule has 18 heavy (non-hydrogen) atoms. The molecule has 4 N–H and O–H groups in total. The quantitative estimate of drug-likeness (QED) is 0.701. The van der Waals surface area contributed by atoms with Crippen LogP contribution in [0.5, 0.6) is 0 Å². The van der Waals surface area contributed by atoms with Crippen LogP contribution in [0.1, 0.15) is 32.3 Å². The Morgan fingerprint density at radius 1 is 1.39 bits per heavy atom. The molecule has 1 fully saturated rings. The Balaban J connectivity index is 1.87. The van der Waals surface area contributed by atoms with E-state index in [-0.39, 0.29) is 5.91 Å². The van der Waals surface area contributed by atoms with Gasteiger partial charge in [-0.25, -0.2) is 0 Å². The number of amides is 1. The molecule has 3 rings (SSSR count). The first-order chi connectivity index (χ1) is 8.45. The molecule has 0 bridgehead atoms. The Kier molecular flexibility index (Phi) is 2.30. The summed E-state index contributed by atoms with van der Waals surface area (Å²) >= 11 is 0. The van der Waals surface area contributed by atoms with Crippen LogP contribution in [-0.2, 0) is 11.2 Å². The Hall–Kier alpha value is -1.71. The number of fused-ring (bicyclic) bond motifs is 1. The Morgan fingerprint density at radius 2 is 2.11 bits per heavy atom. The van der Waals surface area contributed by atoms with Crippen LogP contribution in [0.4, 0.5) is 17.1 Å². The van der Waals surface area contributed by atoms with E-state index in [9.17, 15) is 4.79 Å². The lowest BCUT2D eigenvalue weighted by atomic mass is 10.0. The second kappa shape index (κ2) is 3.64. The van der Waals surface area contributed by atoms with Crippen LogP contribution in [0.2, 0.25) is 0 Å². The molecule has 4 heteroatoms. The number of rotatable bonds is 2. The van der Waals surface area contributed by atoms with Crippen LogP contribution in [0, 0.1) is 5.41 Å². The van der Waals surface area contributed by atoms with Crippen LogP contribution in [0.25, 0.3) is 0 Å². The van der Waals surface area contributed by atoms with Gasteiger partial charge in [0.05, 0.1) is 11.4 Å². The fourth-order valence-corrected chi connectivity index (χ4v) is 2.47. The zero-order chi connectivity index (χ0) is 12.9. The minimum Gasteiger partial charge on any atom is -0.397 e. The van der Waals surface area contributed by atoms with Crippen molar-refractivity contribution in [1.29, 1.82) is 0 Å². The van der Waals surface area contributed by atoms with E-state index < -0.39 is 0 Å². The molecule has 4 nitrogen and oxygen atoms in total. The molecule has 1 aromatic carbocycles. The summed E-state index contributed by atoms with van der Waals surface area (Å²) in [4.78, 5) is 11.4. The highest BCUT2D eigenvalue weighted by Gasteiger charge is 2.45. The first-order valence-corrected chi connectivity index (χ1v) is 6.44. The third kappa shape index (κ3) is 1.92. The second-order valence-electron chi connectivity index (χ2n) is 6.03. The van der Waals surface area contributed by atoms with Gasteiger partial charge in [-0.1, -0.05) is 13.8 Å². The smallest absolute Gasteiger partial charge is 0.224 e. The van der Waals surface area contributed by atoms with Gasteiger partial charge in [-0.2, -0.15) is 0 Å². The highest BCUT2D eigenvalue weighted by atomic mass is 16.1. The third-order valence-corrected chi connectivity index (χ3v) is 4.01. The molecular weight excluding hydrogens is 226 g/mol. The lowest BCUT2D eigenvalue weighted by Crippen LogP contribution is -2.20. The first-order valence-electron chi connectivity index (χ1n) is 6.44. The number of hydrogen-bond donors (Lipinski definition) is 3. The molecule has 0 radical (unpaired) electrons. The monoisotopic (exact) mass is 245 g/mol. The van der Waals surface area contributed by atoms with E-state index >= 15 is 0 Å². The summed E-state index contributed by atoms with van der Waals surface area (Å²) in [5.41, 5.74) is 10.2. The van der Waals surface area contributed by atoms with Gasteiger partial charge in [-0.05, 0) is 36.0 Å². The summed E-state index contributed by atoms with van der Waals surface area (Å²) in [6.45, 7) is 4.47. The average Bonchev–Trinajstić information content (AvgIpc) is 2.88. The topological polar surface area (TPSA) is 67.1 Å². The van der Waals surface area contributed by atoms with Gasteiger partial charge in [0.1, 0.15) is 0 Å². The maximum atomic E-state index is 11.4. The Bertz CT molecular complexity index is 522. The molecule has 1 aliphatic carbocycles. The standard InChI is InChI=1S/C14H19N3O/c1-14(2)7-12(14)16-11-6-10-8(5-9(11)15)3-4-13(18)17-10/h5-6,12,16H,3-4,7,15H2,1-2H3,(H,17,18). The molecule has 2 aliphatic rings. The molecule has 1 heterocycles. The van der Waals surface area contributed by atoms with Crippen molar-refractivity contribution in [1.82, 2.24) is 0 Å². The van der Waals surface area contributed by atoms with Crippen molar-refractivity contribution in [3.05, 3.63) is 17.7 Å². The van der Waals surface area contributed by atoms with Crippen LogP contribution >= 0.6 is 0 Å². The van der Waals surface area contributed by atoms with E-state index in [0.717, 1.165) is 35.5 Å². The predicted molar refractivity (Wildman–Crippen MR) is 73.6 cm³/mol. The lowest BCUT2D eigenvalue weighted by Gasteiger charge is -2.20.